The molecule has 112 valence electrons. The molecule has 0 unspecified atom stereocenters. The molecule has 22 heavy (non-hydrogen) atoms. The maximum absolute atomic E-state index is 14.0. The number of nitrogens with zero attached hydrogens (tertiary/aromatic N) is 3. The van der Waals surface area contributed by atoms with E-state index in [1.54, 1.807) is 19.2 Å². The number of hydrogen-bond donors (Lipinski definition) is 0. The van der Waals surface area contributed by atoms with Crippen LogP contribution in [-0.2, 0) is 4.74 Å². The van der Waals surface area contributed by atoms with Crippen LogP contribution in [0.25, 0.3) is 16.9 Å². The number of ether oxygens (including phenoxy) is 1. The number of fused-ring (bicyclic) bond motifs is 1. The van der Waals surface area contributed by atoms with Crippen LogP contribution in [-0.4, -0.2) is 27.2 Å². The molecule has 2 aromatic heterocycles. The van der Waals surface area contributed by atoms with Crippen molar-refractivity contribution in [3.63, 3.8) is 0 Å². The zero-order chi connectivity index (χ0) is 15.7. The first-order chi connectivity index (χ1) is 10.6. The molecule has 0 N–H and O–H groups in total. The minimum absolute atomic E-state index is 0.00542. The SMILES string of the molecule is CCOC(=O)c1c(-c2cc(F)ccc2F)nn2cccnc12. The molecule has 0 amide bonds. The van der Waals surface area contributed by atoms with E-state index in [9.17, 15) is 13.6 Å². The lowest BCUT2D eigenvalue weighted by Crippen LogP contribution is -2.06. The number of benzene rings is 1. The van der Waals surface area contributed by atoms with Crippen molar-refractivity contribution >= 4 is 11.6 Å². The van der Waals surface area contributed by atoms with Crippen molar-refractivity contribution in [2.45, 2.75) is 6.92 Å². The minimum atomic E-state index is -0.685. The van der Waals surface area contributed by atoms with Crippen LogP contribution in [0.3, 0.4) is 0 Å². The second kappa shape index (κ2) is 5.51. The van der Waals surface area contributed by atoms with Crippen LogP contribution >= 0.6 is 0 Å². The molecular formula is C15H11F2N3O2. The fourth-order valence-corrected chi connectivity index (χ4v) is 2.15. The molecule has 0 aliphatic rings. The molecular weight excluding hydrogens is 292 g/mol. The van der Waals surface area contributed by atoms with Gasteiger partial charge in [0.1, 0.15) is 22.9 Å². The summed E-state index contributed by atoms with van der Waals surface area (Å²) in [7, 11) is 0. The number of hydrogen-bond acceptors (Lipinski definition) is 4. The topological polar surface area (TPSA) is 56.5 Å². The zero-order valence-electron chi connectivity index (χ0n) is 11.6. The molecule has 7 heteroatoms. The van der Waals surface area contributed by atoms with Gasteiger partial charge in [-0.2, -0.15) is 5.10 Å². The van der Waals surface area contributed by atoms with E-state index in [1.807, 2.05) is 0 Å². The lowest BCUT2D eigenvalue weighted by atomic mass is 10.1. The summed E-state index contributed by atoms with van der Waals surface area (Å²) < 4.78 is 33.8. The average Bonchev–Trinajstić information content (AvgIpc) is 2.89. The summed E-state index contributed by atoms with van der Waals surface area (Å²) >= 11 is 0. The number of rotatable bonds is 3. The van der Waals surface area contributed by atoms with Gasteiger partial charge < -0.3 is 4.74 Å². The molecule has 3 rings (SSSR count). The van der Waals surface area contributed by atoms with Gasteiger partial charge in [-0.25, -0.2) is 23.1 Å². The van der Waals surface area contributed by atoms with Crippen LogP contribution in [0.4, 0.5) is 8.78 Å². The molecule has 0 saturated heterocycles. The first-order valence-electron chi connectivity index (χ1n) is 6.57. The normalized spacial score (nSPS) is 10.9. The van der Waals surface area contributed by atoms with Crippen molar-refractivity contribution in [3.8, 4) is 11.3 Å². The van der Waals surface area contributed by atoms with Crippen molar-refractivity contribution in [1.29, 1.82) is 0 Å². The first-order valence-corrected chi connectivity index (χ1v) is 6.57. The van der Waals surface area contributed by atoms with Crippen LogP contribution in [0.5, 0.6) is 0 Å². The van der Waals surface area contributed by atoms with Crippen LogP contribution in [0.15, 0.2) is 36.7 Å². The predicted octanol–water partition coefficient (Wildman–Crippen LogP) is 2.85. The largest absolute Gasteiger partial charge is 0.462 e. The second-order valence-corrected chi connectivity index (χ2v) is 4.46. The van der Waals surface area contributed by atoms with Crippen LogP contribution < -0.4 is 0 Å². The number of carbonyl (C=O) groups excluding carboxylic acids is 1. The van der Waals surface area contributed by atoms with E-state index < -0.39 is 17.6 Å². The van der Waals surface area contributed by atoms with Crippen molar-refractivity contribution in [2.24, 2.45) is 0 Å². The van der Waals surface area contributed by atoms with Gasteiger partial charge in [0.15, 0.2) is 5.65 Å². The summed E-state index contributed by atoms with van der Waals surface area (Å²) in [5, 5.41) is 4.13. The van der Waals surface area contributed by atoms with Gasteiger partial charge >= 0.3 is 5.97 Å². The van der Waals surface area contributed by atoms with E-state index in [0.717, 1.165) is 18.2 Å². The van der Waals surface area contributed by atoms with Crippen LogP contribution in [0.2, 0.25) is 0 Å². The van der Waals surface area contributed by atoms with E-state index in [-0.39, 0.29) is 29.1 Å². The van der Waals surface area contributed by atoms with Crippen LogP contribution in [0, 0.1) is 11.6 Å². The standard InChI is InChI=1S/C15H11F2N3O2/c1-2-22-15(21)12-13(10-8-9(16)4-5-11(10)17)19-20-7-3-6-18-14(12)20/h3-8H,2H2,1H3. The van der Waals surface area contributed by atoms with Gasteiger partial charge in [-0.3, -0.25) is 0 Å². The maximum atomic E-state index is 14.0. The van der Waals surface area contributed by atoms with Crippen molar-refractivity contribution < 1.29 is 18.3 Å². The second-order valence-electron chi connectivity index (χ2n) is 4.46. The molecule has 0 aliphatic carbocycles. The number of aromatic nitrogens is 3. The van der Waals surface area contributed by atoms with E-state index in [2.05, 4.69) is 10.1 Å². The molecule has 5 nitrogen and oxygen atoms in total. The van der Waals surface area contributed by atoms with E-state index in [0.29, 0.717) is 0 Å². The molecule has 0 radical (unpaired) electrons. The van der Waals surface area contributed by atoms with Gasteiger partial charge in [0.25, 0.3) is 0 Å². The highest BCUT2D eigenvalue weighted by molar-refractivity contribution is 6.02. The Morgan fingerprint density at radius 3 is 2.95 bits per heavy atom. The Morgan fingerprint density at radius 1 is 1.36 bits per heavy atom. The number of esters is 1. The smallest absolute Gasteiger partial charge is 0.344 e. The Bertz CT molecular complexity index is 861. The Morgan fingerprint density at radius 2 is 2.18 bits per heavy atom. The lowest BCUT2D eigenvalue weighted by molar-refractivity contribution is 0.0529. The van der Waals surface area contributed by atoms with Crippen molar-refractivity contribution in [2.75, 3.05) is 6.61 Å². The average molecular weight is 303 g/mol. The first kappa shape index (κ1) is 14.1. The highest BCUT2D eigenvalue weighted by Gasteiger charge is 2.25. The quantitative estimate of drug-likeness (QED) is 0.698. The Hall–Kier alpha value is -2.83. The molecule has 0 atom stereocenters. The zero-order valence-corrected chi connectivity index (χ0v) is 11.6. The van der Waals surface area contributed by atoms with Crippen molar-refractivity contribution in [3.05, 3.63) is 53.9 Å². The summed E-state index contributed by atoms with van der Waals surface area (Å²) in [6.07, 6.45) is 3.04. The summed E-state index contributed by atoms with van der Waals surface area (Å²) in [6.45, 7) is 1.80. The summed E-state index contributed by atoms with van der Waals surface area (Å²) in [4.78, 5) is 16.2. The molecule has 0 saturated carbocycles. The van der Waals surface area contributed by atoms with E-state index >= 15 is 0 Å². The molecule has 0 aliphatic heterocycles. The lowest BCUT2D eigenvalue weighted by Gasteiger charge is -2.04. The number of carbonyl (C=O) groups is 1. The third-order valence-electron chi connectivity index (χ3n) is 3.06. The maximum Gasteiger partial charge on any atom is 0.344 e. The fraction of sp³-hybridized carbons (Fsp3) is 0.133. The van der Waals surface area contributed by atoms with Gasteiger partial charge in [0.05, 0.1) is 6.61 Å². The third-order valence-corrected chi connectivity index (χ3v) is 3.06. The minimum Gasteiger partial charge on any atom is -0.462 e. The summed E-state index contributed by atoms with van der Waals surface area (Å²) in [6, 6.07) is 4.58. The summed E-state index contributed by atoms with van der Waals surface area (Å²) in [5.74, 6) is -2.00. The van der Waals surface area contributed by atoms with E-state index in [1.165, 1.54) is 10.7 Å². The molecule has 1 aromatic carbocycles. The van der Waals surface area contributed by atoms with Gasteiger partial charge in [-0.1, -0.05) is 0 Å². The molecule has 3 aromatic rings. The molecule has 0 fully saturated rings. The van der Waals surface area contributed by atoms with Gasteiger partial charge in [-0.15, -0.1) is 0 Å². The highest BCUT2D eigenvalue weighted by Crippen LogP contribution is 2.28. The Balaban J connectivity index is 2.31. The van der Waals surface area contributed by atoms with Crippen molar-refractivity contribution in [1.82, 2.24) is 14.6 Å². The van der Waals surface area contributed by atoms with Gasteiger partial charge in [0, 0.05) is 18.0 Å². The summed E-state index contributed by atoms with van der Waals surface area (Å²) in [5.41, 5.74) is 0.106. The predicted molar refractivity (Wildman–Crippen MR) is 74.3 cm³/mol. The third kappa shape index (κ3) is 2.30. The van der Waals surface area contributed by atoms with Gasteiger partial charge in [0.2, 0.25) is 0 Å². The Kier molecular flexibility index (Phi) is 3.54. The van der Waals surface area contributed by atoms with Gasteiger partial charge in [-0.05, 0) is 31.2 Å². The Labute approximate surface area is 124 Å². The molecule has 2 heterocycles. The fourth-order valence-electron chi connectivity index (χ4n) is 2.15. The monoisotopic (exact) mass is 303 g/mol. The molecule has 0 spiro atoms. The van der Waals surface area contributed by atoms with E-state index in [4.69, 9.17) is 4.74 Å². The molecule has 0 bridgehead atoms. The highest BCUT2D eigenvalue weighted by atomic mass is 19.1. The number of halogens is 2. The van der Waals surface area contributed by atoms with Crippen LogP contribution in [0.1, 0.15) is 17.3 Å².